The molecule has 1 aromatic carbocycles. The van der Waals surface area contributed by atoms with Crippen molar-refractivity contribution in [3.63, 3.8) is 0 Å². The number of hydrogen-bond acceptors (Lipinski definition) is 3. The molecule has 15 heavy (non-hydrogen) atoms. The summed E-state index contributed by atoms with van der Waals surface area (Å²) in [5.41, 5.74) is 0.695. The van der Waals surface area contributed by atoms with Gasteiger partial charge in [-0.05, 0) is 24.3 Å². The highest BCUT2D eigenvalue weighted by molar-refractivity contribution is 6.02. The van der Waals surface area contributed by atoms with Crippen LogP contribution in [0.15, 0.2) is 29.3 Å². The lowest BCUT2D eigenvalue weighted by Gasteiger charge is -2.06. The molecule has 0 aliphatic carbocycles. The second-order valence-electron chi connectivity index (χ2n) is 3.23. The van der Waals surface area contributed by atoms with Crippen LogP contribution in [0.2, 0.25) is 0 Å². The molecule has 1 heterocycles. The Kier molecular flexibility index (Phi) is 2.37. The number of amidine groups is 1. The second-order valence-corrected chi connectivity index (χ2v) is 3.23. The summed E-state index contributed by atoms with van der Waals surface area (Å²) in [7, 11) is 0. The van der Waals surface area contributed by atoms with Crippen LogP contribution < -0.4 is 5.32 Å². The van der Waals surface area contributed by atoms with Crippen LogP contribution in [-0.2, 0) is 4.79 Å². The number of carbonyl (C=O) groups is 1. The fourth-order valence-corrected chi connectivity index (χ4v) is 1.36. The minimum absolute atomic E-state index is 0.210. The predicted octanol–water partition coefficient (Wildman–Crippen LogP) is 0.629. The topological polar surface area (TPSA) is 61.7 Å². The maximum absolute atomic E-state index is 12.6. The van der Waals surface area contributed by atoms with Gasteiger partial charge in [-0.25, -0.2) is 9.18 Å². The fourth-order valence-electron chi connectivity index (χ4n) is 1.36. The smallest absolute Gasteiger partial charge is 0.328 e. The number of benzene rings is 1. The Morgan fingerprint density at radius 3 is 2.67 bits per heavy atom. The van der Waals surface area contributed by atoms with Crippen LogP contribution in [0.3, 0.4) is 0 Å². The molecule has 0 fully saturated rings. The molecule has 0 saturated heterocycles. The lowest BCUT2D eigenvalue weighted by molar-refractivity contribution is -0.138. The molecule has 2 rings (SSSR count). The Balaban J connectivity index is 2.14. The first kappa shape index (κ1) is 9.64. The van der Waals surface area contributed by atoms with E-state index in [1.807, 2.05) is 0 Å². The Morgan fingerprint density at radius 1 is 1.47 bits per heavy atom. The number of aliphatic imine (C=N–C) groups is 1. The quantitative estimate of drug-likeness (QED) is 0.749. The monoisotopic (exact) mass is 208 g/mol. The highest BCUT2D eigenvalue weighted by Crippen LogP contribution is 2.07. The predicted molar refractivity (Wildman–Crippen MR) is 52.4 cm³/mol. The van der Waals surface area contributed by atoms with Crippen molar-refractivity contribution in [3.8, 4) is 0 Å². The molecule has 0 bridgehead atoms. The SMILES string of the molecule is O=C(O)C1CN=C(c2ccc(F)cc2)N1. The van der Waals surface area contributed by atoms with Crippen molar-refractivity contribution < 1.29 is 14.3 Å². The molecule has 0 radical (unpaired) electrons. The van der Waals surface area contributed by atoms with E-state index in [-0.39, 0.29) is 12.4 Å². The molecule has 1 aliphatic heterocycles. The van der Waals surface area contributed by atoms with Gasteiger partial charge in [-0.2, -0.15) is 0 Å². The van der Waals surface area contributed by atoms with E-state index < -0.39 is 12.0 Å². The number of nitrogens with zero attached hydrogens (tertiary/aromatic N) is 1. The lowest BCUT2D eigenvalue weighted by Crippen LogP contribution is -2.37. The van der Waals surface area contributed by atoms with Gasteiger partial charge in [-0.15, -0.1) is 0 Å². The maximum Gasteiger partial charge on any atom is 0.328 e. The molecule has 1 aliphatic rings. The Hall–Kier alpha value is -1.91. The van der Waals surface area contributed by atoms with Gasteiger partial charge in [0.1, 0.15) is 17.7 Å². The van der Waals surface area contributed by atoms with Crippen molar-refractivity contribution in [3.05, 3.63) is 35.6 Å². The van der Waals surface area contributed by atoms with Gasteiger partial charge in [-0.1, -0.05) is 0 Å². The van der Waals surface area contributed by atoms with Crippen LogP contribution in [0.1, 0.15) is 5.56 Å². The average molecular weight is 208 g/mol. The summed E-state index contributed by atoms with van der Waals surface area (Å²) in [5.74, 6) is -0.759. The van der Waals surface area contributed by atoms with Crippen LogP contribution in [0, 0.1) is 5.82 Å². The third-order valence-corrected chi connectivity index (χ3v) is 2.16. The van der Waals surface area contributed by atoms with Gasteiger partial charge in [0, 0.05) is 5.56 Å². The zero-order valence-corrected chi connectivity index (χ0v) is 7.77. The number of carboxylic acid groups (broad SMARTS) is 1. The summed E-state index contributed by atoms with van der Waals surface area (Å²) in [5, 5.41) is 11.5. The van der Waals surface area contributed by atoms with Gasteiger partial charge in [0.05, 0.1) is 6.54 Å². The molecule has 0 spiro atoms. The zero-order valence-electron chi connectivity index (χ0n) is 7.77. The third-order valence-electron chi connectivity index (χ3n) is 2.16. The standard InChI is InChI=1S/C10H9FN2O2/c11-7-3-1-6(2-4-7)9-12-5-8(13-9)10(14)15/h1-4,8H,5H2,(H,12,13)(H,14,15). The van der Waals surface area contributed by atoms with Gasteiger partial charge in [0.25, 0.3) is 0 Å². The number of hydrogen-bond donors (Lipinski definition) is 2. The molecule has 1 atom stereocenters. The molecular weight excluding hydrogens is 199 g/mol. The van der Waals surface area contributed by atoms with E-state index in [0.717, 1.165) is 0 Å². The van der Waals surface area contributed by atoms with Crippen molar-refractivity contribution in [1.29, 1.82) is 0 Å². The van der Waals surface area contributed by atoms with Crippen molar-refractivity contribution in [1.82, 2.24) is 5.32 Å². The van der Waals surface area contributed by atoms with E-state index >= 15 is 0 Å². The minimum atomic E-state index is -0.934. The molecule has 0 aromatic heterocycles. The summed E-state index contributed by atoms with van der Waals surface area (Å²) in [6.45, 7) is 0.210. The number of nitrogens with one attached hydrogen (secondary N) is 1. The summed E-state index contributed by atoms with van der Waals surface area (Å²) in [4.78, 5) is 14.7. The van der Waals surface area contributed by atoms with E-state index in [0.29, 0.717) is 11.4 Å². The van der Waals surface area contributed by atoms with Crippen LogP contribution in [0.4, 0.5) is 4.39 Å². The first-order valence-corrected chi connectivity index (χ1v) is 4.46. The van der Waals surface area contributed by atoms with Gasteiger partial charge in [-0.3, -0.25) is 4.99 Å². The van der Waals surface area contributed by atoms with Crippen LogP contribution in [0.25, 0.3) is 0 Å². The van der Waals surface area contributed by atoms with Crippen molar-refractivity contribution in [2.45, 2.75) is 6.04 Å². The van der Waals surface area contributed by atoms with Crippen LogP contribution in [0.5, 0.6) is 0 Å². The average Bonchev–Trinajstić information content (AvgIpc) is 2.68. The van der Waals surface area contributed by atoms with E-state index in [9.17, 15) is 9.18 Å². The molecule has 0 amide bonds. The molecule has 2 N–H and O–H groups in total. The molecule has 5 heteroatoms. The van der Waals surface area contributed by atoms with E-state index in [1.54, 1.807) is 12.1 Å². The van der Waals surface area contributed by atoms with Crippen molar-refractivity contribution in [2.75, 3.05) is 6.54 Å². The van der Waals surface area contributed by atoms with E-state index in [4.69, 9.17) is 5.11 Å². The fraction of sp³-hybridized carbons (Fsp3) is 0.200. The first-order chi connectivity index (χ1) is 7.16. The summed E-state index contributed by atoms with van der Waals surface area (Å²) >= 11 is 0. The van der Waals surface area contributed by atoms with E-state index in [1.165, 1.54) is 12.1 Å². The Morgan fingerprint density at radius 2 is 2.13 bits per heavy atom. The summed E-state index contributed by atoms with van der Waals surface area (Å²) in [6.07, 6.45) is 0. The highest BCUT2D eigenvalue weighted by Gasteiger charge is 2.24. The molecule has 1 unspecified atom stereocenters. The number of aliphatic carboxylic acids is 1. The molecule has 4 nitrogen and oxygen atoms in total. The highest BCUT2D eigenvalue weighted by atomic mass is 19.1. The molecule has 78 valence electrons. The number of halogens is 1. The van der Waals surface area contributed by atoms with Crippen molar-refractivity contribution >= 4 is 11.8 Å². The molecule has 0 saturated carbocycles. The largest absolute Gasteiger partial charge is 0.480 e. The van der Waals surface area contributed by atoms with Crippen LogP contribution in [-0.4, -0.2) is 29.5 Å². The molecular formula is C10H9FN2O2. The van der Waals surface area contributed by atoms with Crippen molar-refractivity contribution in [2.24, 2.45) is 4.99 Å². The van der Waals surface area contributed by atoms with Gasteiger partial charge in [0.2, 0.25) is 0 Å². The van der Waals surface area contributed by atoms with Gasteiger partial charge in [0.15, 0.2) is 0 Å². The minimum Gasteiger partial charge on any atom is -0.480 e. The second kappa shape index (κ2) is 3.68. The molecule has 1 aromatic rings. The third kappa shape index (κ3) is 1.96. The van der Waals surface area contributed by atoms with Gasteiger partial charge >= 0.3 is 5.97 Å². The summed E-state index contributed by atoms with van der Waals surface area (Å²) in [6, 6.07) is 5.07. The van der Waals surface area contributed by atoms with Gasteiger partial charge < -0.3 is 10.4 Å². The lowest BCUT2D eigenvalue weighted by atomic mass is 10.2. The normalized spacial score (nSPS) is 19.5. The van der Waals surface area contributed by atoms with E-state index in [2.05, 4.69) is 10.3 Å². The Labute approximate surface area is 85.5 Å². The first-order valence-electron chi connectivity index (χ1n) is 4.46. The van der Waals surface area contributed by atoms with Crippen LogP contribution >= 0.6 is 0 Å². The maximum atomic E-state index is 12.6. The number of rotatable bonds is 2. The zero-order chi connectivity index (χ0) is 10.8. The number of carboxylic acids is 1. The summed E-state index contributed by atoms with van der Waals surface area (Å²) < 4.78 is 12.6. The Bertz CT molecular complexity index is 414.